The Morgan fingerprint density at radius 3 is 3.09 bits per heavy atom. The lowest BCUT2D eigenvalue weighted by molar-refractivity contribution is 0.0422. The van der Waals surface area contributed by atoms with E-state index in [2.05, 4.69) is 19.7 Å². The number of aryl methyl sites for hydroxylation is 1. The van der Waals surface area contributed by atoms with E-state index in [4.69, 9.17) is 4.74 Å². The van der Waals surface area contributed by atoms with Crippen LogP contribution in [0.25, 0.3) is 0 Å². The Balaban J connectivity index is 1.86. The summed E-state index contributed by atoms with van der Waals surface area (Å²) < 4.78 is 7.67. The molecular weight excluding hydrogens is 282 g/mol. The number of aromatic nitrogens is 4. The van der Waals surface area contributed by atoms with Gasteiger partial charge in [0.2, 0.25) is 0 Å². The molecule has 1 aliphatic rings. The van der Waals surface area contributed by atoms with Gasteiger partial charge in [0.25, 0.3) is 5.91 Å². The SMILES string of the molecule is CCOC[C@@H]1CCn2cncc2CN1C(=O)c1ccnnc1. The molecule has 0 fully saturated rings. The number of rotatable bonds is 4. The third kappa shape index (κ3) is 2.99. The van der Waals surface area contributed by atoms with Gasteiger partial charge < -0.3 is 14.2 Å². The Hall–Kier alpha value is -2.28. The zero-order valence-electron chi connectivity index (χ0n) is 12.6. The summed E-state index contributed by atoms with van der Waals surface area (Å²) in [5, 5.41) is 7.53. The summed E-state index contributed by atoms with van der Waals surface area (Å²) in [5.74, 6) is -0.0470. The summed E-state index contributed by atoms with van der Waals surface area (Å²) in [6.07, 6.45) is 7.51. The molecule has 1 amide bonds. The molecule has 7 nitrogen and oxygen atoms in total. The fourth-order valence-corrected chi connectivity index (χ4v) is 2.68. The average molecular weight is 301 g/mol. The molecule has 7 heteroatoms. The summed E-state index contributed by atoms with van der Waals surface area (Å²) in [7, 11) is 0. The van der Waals surface area contributed by atoms with E-state index >= 15 is 0 Å². The summed E-state index contributed by atoms with van der Waals surface area (Å²) in [6, 6.07) is 1.73. The van der Waals surface area contributed by atoms with E-state index in [0.29, 0.717) is 25.3 Å². The van der Waals surface area contributed by atoms with Crippen molar-refractivity contribution in [1.29, 1.82) is 0 Å². The van der Waals surface area contributed by atoms with Gasteiger partial charge in [-0.05, 0) is 19.4 Å². The first-order chi connectivity index (χ1) is 10.8. The number of carbonyl (C=O) groups is 1. The van der Waals surface area contributed by atoms with Crippen LogP contribution in [0.5, 0.6) is 0 Å². The molecule has 3 rings (SSSR count). The number of carbonyl (C=O) groups excluding carboxylic acids is 1. The molecule has 22 heavy (non-hydrogen) atoms. The highest BCUT2D eigenvalue weighted by Crippen LogP contribution is 2.20. The molecule has 0 saturated carbocycles. The number of hydrogen-bond donors (Lipinski definition) is 0. The van der Waals surface area contributed by atoms with Crippen LogP contribution in [0.15, 0.2) is 31.0 Å². The molecule has 2 aromatic heterocycles. The van der Waals surface area contributed by atoms with E-state index in [0.717, 1.165) is 18.7 Å². The minimum absolute atomic E-state index is 0.0421. The Kier molecular flexibility index (Phi) is 4.43. The fourth-order valence-electron chi connectivity index (χ4n) is 2.68. The van der Waals surface area contributed by atoms with Gasteiger partial charge in [-0.15, -0.1) is 0 Å². The fraction of sp³-hybridized carbons (Fsp3) is 0.467. The predicted molar refractivity (Wildman–Crippen MR) is 79.0 cm³/mol. The molecule has 2 aromatic rings. The minimum Gasteiger partial charge on any atom is -0.380 e. The van der Waals surface area contributed by atoms with Crippen molar-refractivity contribution >= 4 is 5.91 Å². The monoisotopic (exact) mass is 301 g/mol. The van der Waals surface area contributed by atoms with Crippen molar-refractivity contribution < 1.29 is 9.53 Å². The number of ether oxygens (including phenoxy) is 1. The highest BCUT2D eigenvalue weighted by atomic mass is 16.5. The van der Waals surface area contributed by atoms with Gasteiger partial charge >= 0.3 is 0 Å². The van der Waals surface area contributed by atoms with Crippen molar-refractivity contribution in [3.8, 4) is 0 Å². The van der Waals surface area contributed by atoms with Gasteiger partial charge in [0.1, 0.15) is 0 Å². The molecule has 3 heterocycles. The van der Waals surface area contributed by atoms with Gasteiger partial charge in [-0.25, -0.2) is 4.98 Å². The zero-order valence-corrected chi connectivity index (χ0v) is 12.6. The maximum atomic E-state index is 12.8. The van der Waals surface area contributed by atoms with E-state index in [9.17, 15) is 4.79 Å². The Labute approximate surface area is 128 Å². The van der Waals surface area contributed by atoms with Crippen molar-refractivity contribution in [3.05, 3.63) is 42.2 Å². The Bertz CT molecular complexity index is 628. The Morgan fingerprint density at radius 2 is 2.32 bits per heavy atom. The molecule has 0 N–H and O–H groups in total. The summed E-state index contributed by atoms with van der Waals surface area (Å²) in [4.78, 5) is 18.9. The summed E-state index contributed by atoms with van der Waals surface area (Å²) in [6.45, 7) is 4.51. The molecule has 1 aliphatic heterocycles. The standard InChI is InChI=1S/C15H19N5O2/c1-2-22-10-13-4-6-19-11-16-8-14(19)9-20(13)15(21)12-3-5-17-18-7-12/h3,5,7-8,11,13H,2,4,6,9-10H2,1H3/t13-/m0/s1. The molecular formula is C15H19N5O2. The van der Waals surface area contributed by atoms with Crippen LogP contribution >= 0.6 is 0 Å². The maximum absolute atomic E-state index is 12.8. The third-order valence-corrected chi connectivity index (χ3v) is 3.88. The second-order valence-electron chi connectivity index (χ2n) is 5.24. The van der Waals surface area contributed by atoms with E-state index in [1.807, 2.05) is 24.3 Å². The van der Waals surface area contributed by atoms with Crippen LogP contribution in [0.2, 0.25) is 0 Å². The third-order valence-electron chi connectivity index (χ3n) is 3.88. The predicted octanol–water partition coefficient (Wildman–Crippen LogP) is 1.12. The average Bonchev–Trinajstić information content (AvgIpc) is 2.93. The zero-order chi connectivity index (χ0) is 15.4. The van der Waals surface area contributed by atoms with Crippen LogP contribution in [-0.2, 0) is 17.8 Å². The first kappa shape index (κ1) is 14.6. The van der Waals surface area contributed by atoms with Crippen molar-refractivity contribution in [2.24, 2.45) is 0 Å². The molecule has 0 aromatic carbocycles. The molecule has 0 saturated heterocycles. The van der Waals surface area contributed by atoms with Gasteiger partial charge in [-0.2, -0.15) is 10.2 Å². The first-order valence-corrected chi connectivity index (χ1v) is 7.44. The van der Waals surface area contributed by atoms with Crippen LogP contribution in [0.3, 0.4) is 0 Å². The molecule has 1 atom stereocenters. The number of fused-ring (bicyclic) bond motifs is 1. The van der Waals surface area contributed by atoms with Crippen LogP contribution in [-0.4, -0.2) is 49.8 Å². The van der Waals surface area contributed by atoms with Crippen LogP contribution in [0.4, 0.5) is 0 Å². The van der Waals surface area contributed by atoms with Crippen LogP contribution < -0.4 is 0 Å². The Morgan fingerprint density at radius 1 is 1.41 bits per heavy atom. The van der Waals surface area contributed by atoms with Gasteiger partial charge in [0, 0.05) is 19.3 Å². The van der Waals surface area contributed by atoms with Gasteiger partial charge in [-0.3, -0.25) is 4.79 Å². The highest BCUT2D eigenvalue weighted by molar-refractivity contribution is 5.94. The van der Waals surface area contributed by atoms with Gasteiger partial charge in [-0.1, -0.05) is 0 Å². The molecule has 0 unspecified atom stereocenters. The van der Waals surface area contributed by atoms with Crippen molar-refractivity contribution in [2.45, 2.75) is 32.5 Å². The second-order valence-corrected chi connectivity index (χ2v) is 5.24. The number of amides is 1. The maximum Gasteiger partial charge on any atom is 0.256 e. The molecule has 116 valence electrons. The molecule has 0 bridgehead atoms. The molecule has 0 aliphatic carbocycles. The smallest absolute Gasteiger partial charge is 0.256 e. The second kappa shape index (κ2) is 6.65. The van der Waals surface area contributed by atoms with Gasteiger partial charge in [0.15, 0.2) is 0 Å². The highest BCUT2D eigenvalue weighted by Gasteiger charge is 2.28. The van der Waals surface area contributed by atoms with Crippen molar-refractivity contribution in [1.82, 2.24) is 24.6 Å². The van der Waals surface area contributed by atoms with Crippen LogP contribution in [0.1, 0.15) is 29.4 Å². The molecule has 0 spiro atoms. The van der Waals surface area contributed by atoms with Crippen molar-refractivity contribution in [3.63, 3.8) is 0 Å². The van der Waals surface area contributed by atoms with Crippen LogP contribution in [0, 0.1) is 0 Å². The normalized spacial score (nSPS) is 17.9. The summed E-state index contributed by atoms with van der Waals surface area (Å²) >= 11 is 0. The molecule has 0 radical (unpaired) electrons. The quantitative estimate of drug-likeness (QED) is 0.846. The number of nitrogens with zero attached hydrogens (tertiary/aromatic N) is 5. The minimum atomic E-state index is -0.0470. The van der Waals surface area contributed by atoms with Gasteiger partial charge in [0.05, 0.1) is 49.2 Å². The van der Waals surface area contributed by atoms with E-state index in [-0.39, 0.29) is 11.9 Å². The van der Waals surface area contributed by atoms with E-state index < -0.39 is 0 Å². The lowest BCUT2D eigenvalue weighted by Crippen LogP contribution is -2.42. The topological polar surface area (TPSA) is 73.1 Å². The van der Waals surface area contributed by atoms with E-state index in [1.165, 1.54) is 12.4 Å². The van der Waals surface area contributed by atoms with E-state index in [1.54, 1.807) is 6.07 Å². The summed E-state index contributed by atoms with van der Waals surface area (Å²) in [5.41, 5.74) is 1.58. The lowest BCUT2D eigenvalue weighted by Gasteiger charge is -2.29. The largest absolute Gasteiger partial charge is 0.380 e. The lowest BCUT2D eigenvalue weighted by atomic mass is 10.1. The number of imidazole rings is 1. The number of hydrogen-bond acceptors (Lipinski definition) is 5. The van der Waals surface area contributed by atoms with Crippen molar-refractivity contribution in [2.75, 3.05) is 13.2 Å². The first-order valence-electron chi connectivity index (χ1n) is 7.44.